The maximum absolute atomic E-state index is 9.00. The van der Waals surface area contributed by atoms with Crippen molar-refractivity contribution in [2.24, 2.45) is 0 Å². The number of anilines is 1. The summed E-state index contributed by atoms with van der Waals surface area (Å²) >= 11 is 1.65. The number of carboxylic acids is 1. The van der Waals surface area contributed by atoms with Crippen LogP contribution in [0.1, 0.15) is 37.3 Å². The Balaban J connectivity index is 0.000000357. The molecule has 0 spiro atoms. The maximum Gasteiger partial charge on any atom is 0.300 e. The van der Waals surface area contributed by atoms with Crippen molar-refractivity contribution in [3.63, 3.8) is 0 Å². The highest BCUT2D eigenvalue weighted by atomic mass is 32.1. The standard InChI is InChI=1S/C10H17N3S.C2H4O2/c1-2-5-12-7-3-4-8-9(6-7)14-10(11)13-8;1-2(3)4/h7,12H,2-6H2,1H3,(H2,11,13);1H3,(H,3,4)/t7-;/m0./s1. The van der Waals surface area contributed by atoms with Crippen LogP contribution in [0.5, 0.6) is 0 Å². The summed E-state index contributed by atoms with van der Waals surface area (Å²) in [5.74, 6) is -0.833. The molecule has 0 amide bonds. The SMILES string of the molecule is CC(=O)O.CCCN[C@H]1CCc2nc(N)sc2C1. The molecule has 2 rings (SSSR count). The highest BCUT2D eigenvalue weighted by molar-refractivity contribution is 7.15. The number of aromatic nitrogens is 1. The first-order valence-electron chi connectivity index (χ1n) is 6.19. The molecule has 0 radical (unpaired) electrons. The Labute approximate surface area is 111 Å². The van der Waals surface area contributed by atoms with E-state index in [0.717, 1.165) is 31.4 Å². The Kier molecular flexibility index (Phi) is 6.07. The Morgan fingerprint density at radius 1 is 1.67 bits per heavy atom. The molecule has 1 atom stereocenters. The first kappa shape index (κ1) is 14.9. The smallest absolute Gasteiger partial charge is 0.300 e. The predicted octanol–water partition coefficient (Wildman–Crippen LogP) is 1.67. The van der Waals surface area contributed by atoms with Gasteiger partial charge in [0, 0.05) is 17.8 Å². The maximum atomic E-state index is 9.00. The summed E-state index contributed by atoms with van der Waals surface area (Å²) in [6.07, 6.45) is 4.61. The minimum Gasteiger partial charge on any atom is -0.481 e. The molecule has 0 saturated carbocycles. The van der Waals surface area contributed by atoms with Crippen LogP contribution in [0.25, 0.3) is 0 Å². The molecule has 102 valence electrons. The molecule has 1 aliphatic carbocycles. The second-order valence-electron chi connectivity index (χ2n) is 4.33. The number of hydrogen-bond acceptors (Lipinski definition) is 5. The van der Waals surface area contributed by atoms with Gasteiger partial charge in [0.25, 0.3) is 5.97 Å². The molecule has 0 bridgehead atoms. The third-order valence-electron chi connectivity index (χ3n) is 2.64. The molecule has 18 heavy (non-hydrogen) atoms. The number of thiazole rings is 1. The van der Waals surface area contributed by atoms with E-state index >= 15 is 0 Å². The largest absolute Gasteiger partial charge is 0.481 e. The van der Waals surface area contributed by atoms with Crippen LogP contribution < -0.4 is 11.1 Å². The van der Waals surface area contributed by atoms with E-state index in [-0.39, 0.29) is 0 Å². The fourth-order valence-corrected chi connectivity index (χ4v) is 2.88. The number of nitrogen functional groups attached to an aromatic ring is 1. The molecule has 0 fully saturated rings. The summed E-state index contributed by atoms with van der Waals surface area (Å²) in [6.45, 7) is 4.40. The average Bonchev–Trinajstić information content (AvgIpc) is 2.64. The molecule has 0 aromatic carbocycles. The molecular weight excluding hydrogens is 250 g/mol. The molecular formula is C12H21N3O2S. The molecule has 0 unspecified atom stereocenters. The summed E-state index contributed by atoms with van der Waals surface area (Å²) in [6, 6.07) is 0.641. The first-order valence-corrected chi connectivity index (χ1v) is 7.01. The molecule has 1 aromatic heterocycles. The van der Waals surface area contributed by atoms with Gasteiger partial charge in [-0.2, -0.15) is 0 Å². The minimum atomic E-state index is -0.833. The van der Waals surface area contributed by atoms with Crippen molar-refractivity contribution in [2.75, 3.05) is 12.3 Å². The van der Waals surface area contributed by atoms with Gasteiger partial charge in [0.15, 0.2) is 5.13 Å². The first-order chi connectivity index (χ1) is 8.52. The zero-order chi connectivity index (χ0) is 13.5. The van der Waals surface area contributed by atoms with Crippen molar-refractivity contribution < 1.29 is 9.90 Å². The molecule has 1 aromatic rings. The van der Waals surface area contributed by atoms with Gasteiger partial charge in [-0.05, 0) is 32.2 Å². The lowest BCUT2D eigenvalue weighted by Crippen LogP contribution is -2.34. The average molecular weight is 271 g/mol. The van der Waals surface area contributed by atoms with Gasteiger partial charge >= 0.3 is 0 Å². The van der Waals surface area contributed by atoms with E-state index in [1.807, 2.05) is 0 Å². The number of nitrogens with two attached hydrogens (primary N) is 1. The molecule has 5 nitrogen and oxygen atoms in total. The van der Waals surface area contributed by atoms with Crippen molar-refractivity contribution in [1.82, 2.24) is 10.3 Å². The second kappa shape index (κ2) is 7.33. The topological polar surface area (TPSA) is 88.2 Å². The summed E-state index contributed by atoms with van der Waals surface area (Å²) in [5.41, 5.74) is 6.93. The molecule has 4 N–H and O–H groups in total. The fourth-order valence-electron chi connectivity index (χ4n) is 1.92. The second-order valence-corrected chi connectivity index (χ2v) is 5.45. The van der Waals surface area contributed by atoms with Crippen LogP contribution >= 0.6 is 11.3 Å². The van der Waals surface area contributed by atoms with Gasteiger partial charge in [-0.15, -0.1) is 11.3 Å². The van der Waals surface area contributed by atoms with Crippen molar-refractivity contribution in [3.8, 4) is 0 Å². The van der Waals surface area contributed by atoms with Gasteiger partial charge < -0.3 is 16.2 Å². The quantitative estimate of drug-likeness (QED) is 0.778. The van der Waals surface area contributed by atoms with E-state index in [1.54, 1.807) is 11.3 Å². The number of rotatable bonds is 3. The number of aliphatic carboxylic acids is 1. The molecule has 0 aliphatic heterocycles. The van der Waals surface area contributed by atoms with Crippen LogP contribution in [0, 0.1) is 0 Å². The molecule has 1 heterocycles. The Morgan fingerprint density at radius 3 is 2.94 bits per heavy atom. The number of nitrogens with one attached hydrogen (secondary N) is 1. The predicted molar refractivity (Wildman–Crippen MR) is 73.9 cm³/mol. The summed E-state index contributed by atoms with van der Waals surface area (Å²) in [5, 5.41) is 11.7. The van der Waals surface area contributed by atoms with Gasteiger partial charge in [0.1, 0.15) is 0 Å². The van der Waals surface area contributed by atoms with Crippen LogP contribution in [0.4, 0.5) is 5.13 Å². The van der Waals surface area contributed by atoms with E-state index in [9.17, 15) is 0 Å². The fraction of sp³-hybridized carbons (Fsp3) is 0.667. The number of carbonyl (C=O) groups is 1. The molecule has 0 saturated heterocycles. The monoisotopic (exact) mass is 271 g/mol. The summed E-state index contributed by atoms with van der Waals surface area (Å²) in [4.78, 5) is 14.7. The zero-order valence-corrected chi connectivity index (χ0v) is 11.7. The van der Waals surface area contributed by atoms with Gasteiger partial charge in [-0.25, -0.2) is 4.98 Å². The van der Waals surface area contributed by atoms with E-state index < -0.39 is 5.97 Å². The third-order valence-corrected chi connectivity index (χ3v) is 3.59. The normalized spacial score (nSPS) is 17.6. The van der Waals surface area contributed by atoms with Crippen molar-refractivity contribution in [2.45, 2.75) is 45.6 Å². The van der Waals surface area contributed by atoms with E-state index in [2.05, 4.69) is 17.2 Å². The van der Waals surface area contributed by atoms with E-state index in [1.165, 1.54) is 23.4 Å². The lowest BCUT2D eigenvalue weighted by Gasteiger charge is -2.21. The lowest BCUT2D eigenvalue weighted by molar-refractivity contribution is -0.134. The number of nitrogens with zero attached hydrogens (tertiary/aromatic N) is 1. The highest BCUT2D eigenvalue weighted by Crippen LogP contribution is 2.27. The molecule has 6 heteroatoms. The van der Waals surface area contributed by atoms with Crippen molar-refractivity contribution in [1.29, 1.82) is 0 Å². The van der Waals surface area contributed by atoms with E-state index in [4.69, 9.17) is 15.6 Å². The Bertz CT molecular complexity index is 389. The van der Waals surface area contributed by atoms with Crippen molar-refractivity contribution in [3.05, 3.63) is 10.6 Å². The van der Waals surface area contributed by atoms with Gasteiger partial charge in [-0.1, -0.05) is 6.92 Å². The zero-order valence-electron chi connectivity index (χ0n) is 10.9. The minimum absolute atomic E-state index is 0.641. The van der Waals surface area contributed by atoms with Gasteiger partial charge in [0.2, 0.25) is 0 Å². The lowest BCUT2D eigenvalue weighted by atomic mass is 9.98. The van der Waals surface area contributed by atoms with Crippen LogP contribution in [-0.4, -0.2) is 28.6 Å². The Morgan fingerprint density at radius 2 is 2.33 bits per heavy atom. The Hall–Kier alpha value is -1.14. The van der Waals surface area contributed by atoms with Crippen LogP contribution in [-0.2, 0) is 17.6 Å². The molecule has 1 aliphatic rings. The number of hydrogen-bond donors (Lipinski definition) is 3. The van der Waals surface area contributed by atoms with E-state index in [0.29, 0.717) is 6.04 Å². The van der Waals surface area contributed by atoms with Crippen molar-refractivity contribution >= 4 is 22.4 Å². The number of aryl methyl sites for hydroxylation is 1. The third kappa shape index (κ3) is 5.01. The van der Waals surface area contributed by atoms with Crippen LogP contribution in [0.2, 0.25) is 0 Å². The summed E-state index contributed by atoms with van der Waals surface area (Å²) in [7, 11) is 0. The van der Waals surface area contributed by atoms with Crippen LogP contribution in [0.15, 0.2) is 0 Å². The van der Waals surface area contributed by atoms with Gasteiger partial charge in [-0.3, -0.25) is 4.79 Å². The highest BCUT2D eigenvalue weighted by Gasteiger charge is 2.21. The number of fused-ring (bicyclic) bond motifs is 1. The van der Waals surface area contributed by atoms with Gasteiger partial charge in [0.05, 0.1) is 5.69 Å². The number of carboxylic acid groups (broad SMARTS) is 1. The summed E-state index contributed by atoms with van der Waals surface area (Å²) < 4.78 is 0. The van der Waals surface area contributed by atoms with Crippen LogP contribution in [0.3, 0.4) is 0 Å².